The second kappa shape index (κ2) is 20.4. The zero-order valence-electron chi connectivity index (χ0n) is 31.0. The quantitative estimate of drug-likeness (QED) is 0.0823. The number of Topliss-reactive ketones (excluding diaryl/α,β-unsaturated/α-hetero) is 2. The van der Waals surface area contributed by atoms with Crippen LogP contribution < -0.4 is 27.0 Å². The Hall–Kier alpha value is -1.84. The zero-order valence-corrected chi connectivity index (χ0v) is 31.0. The van der Waals surface area contributed by atoms with Crippen LogP contribution in [0.15, 0.2) is 0 Å². The number of hydrogen-bond acceptors (Lipinski definition) is 7. The van der Waals surface area contributed by atoms with Gasteiger partial charge in [0.25, 0.3) is 0 Å². The highest BCUT2D eigenvalue weighted by Gasteiger charge is 2.48. The fraction of sp³-hybridized carbons (Fsp3) is 0.889. The molecule has 0 aromatic rings. The molecule has 0 heterocycles. The van der Waals surface area contributed by atoms with Gasteiger partial charge in [-0.25, -0.2) is 0 Å². The lowest BCUT2D eigenvalue weighted by atomic mass is 9.68. The Morgan fingerprint density at radius 3 is 1.60 bits per heavy atom. The molecule has 0 bridgehead atoms. The van der Waals surface area contributed by atoms with Crippen molar-refractivity contribution in [2.45, 2.75) is 176 Å². The van der Waals surface area contributed by atoms with Gasteiger partial charge in [-0.3, -0.25) is 19.2 Å². The van der Waals surface area contributed by atoms with Gasteiger partial charge in [-0.05, 0) is 53.4 Å². The van der Waals surface area contributed by atoms with E-state index in [9.17, 15) is 19.2 Å². The molecule has 0 aliphatic rings. The second-order valence-corrected chi connectivity index (χ2v) is 15.6. The summed E-state index contributed by atoms with van der Waals surface area (Å²) in [6.07, 6.45) is 9.68. The van der Waals surface area contributed by atoms with Gasteiger partial charge in [0.2, 0.25) is 11.8 Å². The topological polar surface area (TPSA) is 142 Å². The molecule has 0 spiro atoms. The van der Waals surface area contributed by atoms with E-state index in [4.69, 9.17) is 5.73 Å². The van der Waals surface area contributed by atoms with E-state index in [1.807, 2.05) is 48.5 Å². The first kappa shape index (κ1) is 43.2. The number of carbonyl (C=O) groups is 4. The van der Waals surface area contributed by atoms with Crippen molar-refractivity contribution in [3.05, 3.63) is 0 Å². The van der Waals surface area contributed by atoms with Crippen LogP contribution in [-0.2, 0) is 19.2 Å². The van der Waals surface area contributed by atoms with E-state index in [1.54, 1.807) is 0 Å². The molecule has 2 unspecified atom stereocenters. The summed E-state index contributed by atoms with van der Waals surface area (Å²) in [5, 5.41) is 13.0. The highest BCUT2D eigenvalue weighted by molar-refractivity contribution is 5.92. The lowest BCUT2D eigenvalue weighted by Crippen LogP contribution is -2.64. The number of rotatable bonds is 25. The van der Waals surface area contributed by atoms with Crippen molar-refractivity contribution in [3.63, 3.8) is 0 Å². The largest absolute Gasteiger partial charge is 0.356 e. The Morgan fingerprint density at radius 1 is 0.622 bits per heavy atom. The highest BCUT2D eigenvalue weighted by atomic mass is 16.2. The standard InChI is InChI=1S/C36H71N5O4/c1-12-14-16-17-23-34(6,7)40-28(20-22-30(43)39-26-24-37)32(45)35(8,9)36(10,11)41-27(31(44)33(3,4)5)19-21-29(42)38-25-18-15-13-2/h27-28,40-41H,12-26,37H2,1-11H3,(H,38,42)(H,39,43). The number of hydrogen-bond donors (Lipinski definition) is 5. The van der Waals surface area contributed by atoms with Gasteiger partial charge < -0.3 is 27.0 Å². The van der Waals surface area contributed by atoms with Gasteiger partial charge in [0, 0.05) is 54.4 Å². The van der Waals surface area contributed by atoms with Crippen molar-refractivity contribution in [2.75, 3.05) is 19.6 Å². The van der Waals surface area contributed by atoms with Crippen LogP contribution in [0.4, 0.5) is 0 Å². The van der Waals surface area contributed by atoms with Crippen molar-refractivity contribution in [1.29, 1.82) is 0 Å². The number of amides is 2. The molecule has 2 atom stereocenters. The van der Waals surface area contributed by atoms with Gasteiger partial charge in [-0.1, -0.05) is 87.0 Å². The summed E-state index contributed by atoms with van der Waals surface area (Å²) in [5.74, 6) is -0.188. The van der Waals surface area contributed by atoms with E-state index < -0.39 is 28.5 Å². The predicted octanol–water partition coefficient (Wildman–Crippen LogP) is 5.58. The van der Waals surface area contributed by atoms with Crippen LogP contribution in [0.3, 0.4) is 0 Å². The minimum absolute atomic E-state index is 0.0103. The van der Waals surface area contributed by atoms with Crippen molar-refractivity contribution in [2.24, 2.45) is 16.6 Å². The van der Waals surface area contributed by atoms with E-state index in [1.165, 1.54) is 6.42 Å². The molecule has 9 nitrogen and oxygen atoms in total. The summed E-state index contributed by atoms with van der Waals surface area (Å²) in [7, 11) is 0. The monoisotopic (exact) mass is 638 g/mol. The lowest BCUT2D eigenvalue weighted by Gasteiger charge is -2.46. The van der Waals surface area contributed by atoms with Gasteiger partial charge in [0.1, 0.15) is 0 Å². The Balaban J connectivity index is 6.04. The predicted molar refractivity (Wildman–Crippen MR) is 187 cm³/mol. The number of nitrogens with one attached hydrogen (secondary N) is 4. The summed E-state index contributed by atoms with van der Waals surface area (Å²) in [5.41, 5.74) is 2.91. The first-order valence-electron chi connectivity index (χ1n) is 17.6. The number of nitrogens with two attached hydrogens (primary N) is 1. The minimum Gasteiger partial charge on any atom is -0.356 e. The average Bonchev–Trinajstić information content (AvgIpc) is 2.95. The van der Waals surface area contributed by atoms with E-state index in [2.05, 4.69) is 49.0 Å². The Labute approximate surface area is 276 Å². The van der Waals surface area contributed by atoms with E-state index in [-0.39, 0.29) is 41.8 Å². The summed E-state index contributed by atoms with van der Waals surface area (Å²) in [4.78, 5) is 53.3. The Bertz CT molecular complexity index is 908. The molecule has 0 saturated carbocycles. The fourth-order valence-electron chi connectivity index (χ4n) is 5.50. The molecule has 0 aliphatic carbocycles. The molecule has 0 aliphatic heterocycles. The minimum atomic E-state index is -0.921. The first-order chi connectivity index (χ1) is 20.8. The van der Waals surface area contributed by atoms with Crippen LogP contribution in [-0.4, -0.2) is 66.2 Å². The summed E-state index contributed by atoms with van der Waals surface area (Å²) < 4.78 is 0. The molecular weight excluding hydrogens is 566 g/mol. The van der Waals surface area contributed by atoms with Gasteiger partial charge in [0.05, 0.1) is 12.1 Å². The molecule has 2 amide bonds. The van der Waals surface area contributed by atoms with Gasteiger partial charge >= 0.3 is 0 Å². The maximum absolute atomic E-state index is 14.5. The van der Waals surface area contributed by atoms with Crippen molar-refractivity contribution < 1.29 is 19.2 Å². The third-order valence-corrected chi connectivity index (χ3v) is 9.20. The highest BCUT2D eigenvalue weighted by Crippen LogP contribution is 2.36. The fourth-order valence-corrected chi connectivity index (χ4v) is 5.50. The van der Waals surface area contributed by atoms with Crippen molar-refractivity contribution in [3.8, 4) is 0 Å². The van der Waals surface area contributed by atoms with E-state index >= 15 is 0 Å². The maximum atomic E-state index is 14.5. The van der Waals surface area contributed by atoms with Gasteiger partial charge in [-0.2, -0.15) is 0 Å². The van der Waals surface area contributed by atoms with E-state index in [0.717, 1.165) is 44.9 Å². The van der Waals surface area contributed by atoms with Crippen LogP contribution in [0.1, 0.15) is 153 Å². The number of ketones is 2. The molecule has 0 fully saturated rings. The molecule has 0 aromatic carbocycles. The van der Waals surface area contributed by atoms with Crippen molar-refractivity contribution in [1.82, 2.24) is 21.3 Å². The van der Waals surface area contributed by atoms with Gasteiger partial charge in [0.15, 0.2) is 11.6 Å². The lowest BCUT2D eigenvalue weighted by molar-refractivity contribution is -0.137. The Morgan fingerprint density at radius 2 is 1.11 bits per heavy atom. The molecule has 264 valence electrons. The zero-order chi connectivity index (χ0) is 34.9. The molecular formula is C36H71N5O4. The van der Waals surface area contributed by atoms with Crippen LogP contribution in [0.2, 0.25) is 0 Å². The van der Waals surface area contributed by atoms with E-state index in [0.29, 0.717) is 32.5 Å². The summed E-state index contributed by atoms with van der Waals surface area (Å²) in [6, 6.07) is -1.16. The first-order valence-corrected chi connectivity index (χ1v) is 17.6. The number of unbranched alkanes of at least 4 members (excludes halogenated alkanes) is 5. The Kier molecular flexibility index (Phi) is 19.6. The number of carbonyl (C=O) groups excluding carboxylic acids is 4. The molecule has 9 heteroatoms. The van der Waals surface area contributed by atoms with Crippen LogP contribution in [0.5, 0.6) is 0 Å². The molecule has 0 saturated heterocycles. The summed E-state index contributed by atoms with van der Waals surface area (Å²) in [6.45, 7) is 23.4. The SMILES string of the molecule is CCCCCCC(C)(C)NC(CCC(=O)NCCN)C(=O)C(C)(C)C(C)(C)NC(CCC(=O)NCCCCC)C(=O)C(C)(C)C. The molecule has 0 radical (unpaired) electrons. The molecule has 45 heavy (non-hydrogen) atoms. The van der Waals surface area contributed by atoms with Gasteiger partial charge in [-0.15, -0.1) is 0 Å². The summed E-state index contributed by atoms with van der Waals surface area (Å²) >= 11 is 0. The maximum Gasteiger partial charge on any atom is 0.220 e. The van der Waals surface area contributed by atoms with Crippen molar-refractivity contribution >= 4 is 23.4 Å². The molecule has 0 rings (SSSR count). The van der Waals surface area contributed by atoms with Crippen LogP contribution in [0.25, 0.3) is 0 Å². The smallest absolute Gasteiger partial charge is 0.220 e. The van der Waals surface area contributed by atoms with Crippen LogP contribution >= 0.6 is 0 Å². The van der Waals surface area contributed by atoms with Crippen LogP contribution in [0, 0.1) is 10.8 Å². The molecule has 0 aromatic heterocycles. The normalized spacial score (nSPS) is 14.1. The third kappa shape index (κ3) is 16.5. The second-order valence-electron chi connectivity index (χ2n) is 15.6. The average molecular weight is 638 g/mol. The molecule has 6 N–H and O–H groups in total. The third-order valence-electron chi connectivity index (χ3n) is 9.20.